The standard InChI is InChI=1S/C28H30FN3O6/c1-19-7-9-24(38-19)16-31(14-20-8-10-25-26(12-20)37-18-36-25)27(33)17-32(15-23-6-3-11-35-23)28(34)30-22-5-2-4-21(29)13-22/h2,4-5,7-10,12-13,23H,3,6,11,14-18H2,1H3,(H,30,34). The second-order valence-corrected chi connectivity index (χ2v) is 9.41. The number of halogens is 1. The molecule has 1 N–H and O–H groups in total. The van der Waals surface area contributed by atoms with Gasteiger partial charge in [-0.3, -0.25) is 4.79 Å². The van der Waals surface area contributed by atoms with Crippen LogP contribution in [0.5, 0.6) is 11.5 Å². The molecule has 0 spiro atoms. The summed E-state index contributed by atoms with van der Waals surface area (Å²) >= 11 is 0. The number of anilines is 1. The predicted molar refractivity (Wildman–Crippen MR) is 136 cm³/mol. The molecule has 5 rings (SSSR count). The number of furan rings is 1. The van der Waals surface area contributed by atoms with Gasteiger partial charge in [0.25, 0.3) is 0 Å². The molecule has 0 radical (unpaired) electrons. The summed E-state index contributed by atoms with van der Waals surface area (Å²) in [6.07, 6.45) is 1.52. The Morgan fingerprint density at radius 2 is 1.89 bits per heavy atom. The van der Waals surface area contributed by atoms with Crippen molar-refractivity contribution in [2.45, 2.75) is 39.0 Å². The maximum Gasteiger partial charge on any atom is 0.322 e. The third-order valence-corrected chi connectivity index (χ3v) is 6.44. The van der Waals surface area contributed by atoms with Crippen LogP contribution in [0, 0.1) is 12.7 Å². The van der Waals surface area contributed by atoms with Crippen LogP contribution >= 0.6 is 0 Å². The second-order valence-electron chi connectivity index (χ2n) is 9.41. The Labute approximate surface area is 220 Å². The molecule has 200 valence electrons. The van der Waals surface area contributed by atoms with Crippen LogP contribution < -0.4 is 14.8 Å². The number of hydrogen-bond donors (Lipinski definition) is 1. The van der Waals surface area contributed by atoms with Gasteiger partial charge in [0.2, 0.25) is 12.7 Å². The van der Waals surface area contributed by atoms with Crippen molar-refractivity contribution in [3.63, 3.8) is 0 Å². The second kappa shape index (κ2) is 11.6. The maximum absolute atomic E-state index is 13.7. The topological polar surface area (TPSA) is 93.5 Å². The molecule has 0 saturated carbocycles. The van der Waals surface area contributed by atoms with Gasteiger partial charge in [0.05, 0.1) is 12.6 Å². The summed E-state index contributed by atoms with van der Waals surface area (Å²) < 4.78 is 36.1. The molecule has 3 amide bonds. The summed E-state index contributed by atoms with van der Waals surface area (Å²) in [7, 11) is 0. The summed E-state index contributed by atoms with van der Waals surface area (Å²) in [5, 5.41) is 2.70. The van der Waals surface area contributed by atoms with E-state index in [1.165, 1.54) is 23.1 Å². The number of carbonyl (C=O) groups is 2. The number of ether oxygens (including phenoxy) is 3. The molecule has 1 fully saturated rings. The Hall–Kier alpha value is -4.05. The molecule has 2 aliphatic rings. The summed E-state index contributed by atoms with van der Waals surface area (Å²) in [5.74, 6) is 1.91. The van der Waals surface area contributed by atoms with Gasteiger partial charge >= 0.3 is 6.03 Å². The lowest BCUT2D eigenvalue weighted by Gasteiger charge is -2.29. The number of fused-ring (bicyclic) bond motifs is 1. The molecule has 1 aromatic heterocycles. The third kappa shape index (κ3) is 6.44. The van der Waals surface area contributed by atoms with Crippen molar-refractivity contribution in [1.29, 1.82) is 0 Å². The van der Waals surface area contributed by atoms with Gasteiger partial charge in [0.15, 0.2) is 11.5 Å². The Bertz CT molecular complexity index is 1290. The molecular weight excluding hydrogens is 493 g/mol. The number of nitrogens with one attached hydrogen (secondary N) is 1. The zero-order valence-corrected chi connectivity index (χ0v) is 21.2. The summed E-state index contributed by atoms with van der Waals surface area (Å²) in [4.78, 5) is 30.0. The molecule has 1 unspecified atom stereocenters. The molecule has 9 nitrogen and oxygen atoms in total. The molecule has 38 heavy (non-hydrogen) atoms. The lowest BCUT2D eigenvalue weighted by Crippen LogP contribution is -2.46. The number of nitrogens with zero attached hydrogens (tertiary/aromatic N) is 2. The molecule has 1 atom stereocenters. The minimum Gasteiger partial charge on any atom is -0.464 e. The highest BCUT2D eigenvalue weighted by molar-refractivity contribution is 5.92. The van der Waals surface area contributed by atoms with E-state index in [9.17, 15) is 14.0 Å². The first kappa shape index (κ1) is 25.6. The van der Waals surface area contributed by atoms with Crippen molar-refractivity contribution < 1.29 is 32.6 Å². The number of aryl methyl sites for hydroxylation is 1. The van der Waals surface area contributed by atoms with E-state index in [-0.39, 0.29) is 45.0 Å². The molecule has 0 bridgehead atoms. The fourth-order valence-corrected chi connectivity index (χ4v) is 4.54. The molecule has 1 saturated heterocycles. The van der Waals surface area contributed by atoms with E-state index < -0.39 is 11.8 Å². The van der Waals surface area contributed by atoms with Crippen LogP contribution in [0.3, 0.4) is 0 Å². The Kier molecular flexibility index (Phi) is 7.78. The zero-order chi connectivity index (χ0) is 26.5. The van der Waals surface area contributed by atoms with Crippen molar-refractivity contribution in [3.8, 4) is 11.5 Å². The zero-order valence-electron chi connectivity index (χ0n) is 21.2. The minimum atomic E-state index is -0.503. The SMILES string of the molecule is Cc1ccc(CN(Cc2ccc3c(c2)OCO3)C(=O)CN(CC2CCCO2)C(=O)Nc2cccc(F)c2)o1. The predicted octanol–water partition coefficient (Wildman–Crippen LogP) is 4.70. The van der Waals surface area contributed by atoms with Crippen molar-refractivity contribution in [2.24, 2.45) is 0 Å². The van der Waals surface area contributed by atoms with Crippen molar-refractivity contribution >= 4 is 17.6 Å². The van der Waals surface area contributed by atoms with E-state index >= 15 is 0 Å². The van der Waals surface area contributed by atoms with Gasteiger partial charge in [0.1, 0.15) is 23.9 Å². The van der Waals surface area contributed by atoms with Crippen LogP contribution in [0.25, 0.3) is 0 Å². The van der Waals surface area contributed by atoms with E-state index in [1.54, 1.807) is 11.0 Å². The lowest BCUT2D eigenvalue weighted by atomic mass is 10.1. The van der Waals surface area contributed by atoms with Gasteiger partial charge in [-0.25, -0.2) is 9.18 Å². The monoisotopic (exact) mass is 523 g/mol. The van der Waals surface area contributed by atoms with Crippen molar-refractivity contribution in [3.05, 3.63) is 77.5 Å². The number of benzene rings is 2. The van der Waals surface area contributed by atoms with Gasteiger partial charge in [-0.2, -0.15) is 0 Å². The van der Waals surface area contributed by atoms with Gasteiger partial charge in [-0.15, -0.1) is 0 Å². The summed E-state index contributed by atoms with van der Waals surface area (Å²) in [6.45, 7) is 3.16. The number of carbonyl (C=O) groups excluding carboxylic acids is 2. The minimum absolute atomic E-state index is 0.158. The highest BCUT2D eigenvalue weighted by Gasteiger charge is 2.27. The average molecular weight is 524 g/mol. The normalized spacial score (nSPS) is 15.9. The van der Waals surface area contributed by atoms with Crippen LogP contribution in [0.15, 0.2) is 59.0 Å². The Morgan fingerprint density at radius 1 is 1.03 bits per heavy atom. The first-order chi connectivity index (χ1) is 18.4. The first-order valence-electron chi connectivity index (χ1n) is 12.6. The smallest absolute Gasteiger partial charge is 0.322 e. The molecule has 3 aromatic rings. The number of rotatable bonds is 9. The van der Waals surface area contributed by atoms with Gasteiger partial charge in [-0.1, -0.05) is 12.1 Å². The molecule has 2 aliphatic heterocycles. The van der Waals surface area contributed by atoms with Crippen LogP contribution in [0.4, 0.5) is 14.9 Å². The van der Waals surface area contributed by atoms with Crippen molar-refractivity contribution in [2.75, 3.05) is 31.8 Å². The molecule has 0 aliphatic carbocycles. The average Bonchev–Trinajstić information content (AvgIpc) is 3.65. The van der Waals surface area contributed by atoms with E-state index in [2.05, 4.69) is 5.32 Å². The quantitative estimate of drug-likeness (QED) is 0.437. The summed E-state index contributed by atoms with van der Waals surface area (Å²) in [6, 6.07) is 14.3. The highest BCUT2D eigenvalue weighted by atomic mass is 19.1. The maximum atomic E-state index is 13.7. The number of urea groups is 1. The van der Waals surface area contributed by atoms with E-state index in [1.807, 2.05) is 37.3 Å². The van der Waals surface area contributed by atoms with Crippen LogP contribution in [0.1, 0.15) is 29.9 Å². The van der Waals surface area contributed by atoms with E-state index in [4.69, 9.17) is 18.6 Å². The molecular formula is C28H30FN3O6. The van der Waals surface area contributed by atoms with Crippen LogP contribution in [-0.2, 0) is 22.6 Å². The van der Waals surface area contributed by atoms with Gasteiger partial charge in [-0.05, 0) is 67.8 Å². The van der Waals surface area contributed by atoms with E-state index in [0.29, 0.717) is 29.6 Å². The first-order valence-corrected chi connectivity index (χ1v) is 12.6. The Morgan fingerprint density at radius 3 is 2.66 bits per heavy atom. The Balaban J connectivity index is 1.34. The van der Waals surface area contributed by atoms with E-state index in [0.717, 1.165) is 24.2 Å². The number of amides is 3. The van der Waals surface area contributed by atoms with Crippen LogP contribution in [0.2, 0.25) is 0 Å². The van der Waals surface area contributed by atoms with Crippen molar-refractivity contribution in [1.82, 2.24) is 9.80 Å². The van der Waals surface area contributed by atoms with Crippen LogP contribution in [-0.4, -0.2) is 54.3 Å². The molecule has 2 aromatic carbocycles. The lowest BCUT2D eigenvalue weighted by molar-refractivity contribution is -0.133. The highest BCUT2D eigenvalue weighted by Crippen LogP contribution is 2.33. The number of hydrogen-bond acceptors (Lipinski definition) is 6. The largest absolute Gasteiger partial charge is 0.464 e. The summed E-state index contributed by atoms with van der Waals surface area (Å²) in [5.41, 5.74) is 1.16. The third-order valence-electron chi connectivity index (χ3n) is 6.44. The fraction of sp³-hybridized carbons (Fsp3) is 0.357. The molecule has 3 heterocycles. The fourth-order valence-electron chi connectivity index (χ4n) is 4.54. The van der Waals surface area contributed by atoms with Gasteiger partial charge < -0.3 is 33.7 Å². The van der Waals surface area contributed by atoms with Gasteiger partial charge in [0, 0.05) is 25.4 Å². The molecule has 10 heteroatoms.